The first-order chi connectivity index (χ1) is 7.92. The second kappa shape index (κ2) is 7.27. The van der Waals surface area contributed by atoms with Crippen molar-refractivity contribution >= 4 is 17.8 Å². The fraction of sp³-hybridized carbons (Fsp3) is 0.333. The molecule has 0 aliphatic heterocycles. The number of hydrogen-bond acceptors (Lipinski definition) is 5. The predicted molar refractivity (Wildman–Crippen MR) is 70.0 cm³/mol. The van der Waals surface area contributed by atoms with Crippen LogP contribution in [0.3, 0.4) is 0 Å². The molecule has 17 heavy (non-hydrogen) atoms. The Bertz CT molecular complexity index is 410. The summed E-state index contributed by atoms with van der Waals surface area (Å²) in [6.45, 7) is 5.27. The minimum absolute atomic E-state index is 0.167. The molecule has 0 aromatic carbocycles. The molecular weight excluding hydrogens is 218 g/mol. The summed E-state index contributed by atoms with van der Waals surface area (Å²) in [7, 11) is 1.85. The maximum absolute atomic E-state index is 9.64. The van der Waals surface area contributed by atoms with Gasteiger partial charge in [-0.25, -0.2) is 4.98 Å². The van der Waals surface area contributed by atoms with Gasteiger partial charge in [-0.3, -0.25) is 4.79 Å². The number of anilines is 2. The lowest BCUT2D eigenvalue weighted by molar-refractivity contribution is -0.107. The number of nitrogens with zero attached hydrogens (tertiary/aromatic N) is 1. The van der Waals surface area contributed by atoms with Gasteiger partial charge in [-0.05, 0) is 38.0 Å². The molecule has 0 amide bonds. The van der Waals surface area contributed by atoms with Gasteiger partial charge < -0.3 is 16.2 Å². The van der Waals surface area contributed by atoms with Crippen LogP contribution >= 0.6 is 0 Å². The zero-order valence-electron chi connectivity index (χ0n) is 10.6. The predicted octanol–water partition coefficient (Wildman–Crippen LogP) is 2.05. The lowest BCUT2D eigenvalue weighted by Crippen LogP contribution is -1.96. The van der Waals surface area contributed by atoms with Gasteiger partial charge in [0.1, 0.15) is 5.82 Å². The topological polar surface area (TPSA) is 88.2 Å². The van der Waals surface area contributed by atoms with E-state index in [4.69, 9.17) is 10.8 Å². The van der Waals surface area contributed by atoms with Crippen LogP contribution in [0.4, 0.5) is 11.5 Å². The van der Waals surface area contributed by atoms with Crippen molar-refractivity contribution in [2.75, 3.05) is 18.1 Å². The molecule has 1 rings (SSSR count). The van der Waals surface area contributed by atoms with Gasteiger partial charge >= 0.3 is 0 Å². The van der Waals surface area contributed by atoms with E-state index in [9.17, 15) is 4.79 Å². The standard InChI is InChI=1S/C7H11N3.C5H8O2/c1-5-3-6(9-2)4-10-7(5)8;1-4(2)5(7)3-6/h3-4,9H,1-2H3,(H2,8,10);3,7H,1-2H3. The van der Waals surface area contributed by atoms with Crippen molar-refractivity contribution in [1.29, 1.82) is 0 Å². The molecule has 5 nitrogen and oxygen atoms in total. The van der Waals surface area contributed by atoms with Crippen LogP contribution in [0.2, 0.25) is 0 Å². The van der Waals surface area contributed by atoms with E-state index in [1.165, 1.54) is 0 Å². The number of aryl methyl sites for hydroxylation is 1. The van der Waals surface area contributed by atoms with Gasteiger partial charge in [0.2, 0.25) is 0 Å². The molecule has 5 heteroatoms. The smallest absolute Gasteiger partial charge is 0.184 e. The van der Waals surface area contributed by atoms with E-state index in [-0.39, 0.29) is 5.76 Å². The number of carbonyl (C=O) groups excluding carboxylic acids is 1. The van der Waals surface area contributed by atoms with Crippen molar-refractivity contribution in [1.82, 2.24) is 4.98 Å². The third-order valence-corrected chi connectivity index (χ3v) is 2.03. The Balaban J connectivity index is 0.000000325. The molecule has 0 saturated carbocycles. The molecule has 94 valence electrons. The molecule has 0 unspecified atom stereocenters. The van der Waals surface area contributed by atoms with E-state index < -0.39 is 0 Å². The lowest BCUT2D eigenvalue weighted by atomic mass is 10.3. The number of rotatable bonds is 2. The number of allylic oxidation sites excluding steroid dienone is 2. The molecule has 0 aliphatic carbocycles. The van der Waals surface area contributed by atoms with Crippen LogP contribution < -0.4 is 11.1 Å². The quantitative estimate of drug-likeness (QED) is 0.416. The Kier molecular flexibility index (Phi) is 6.40. The third kappa shape index (κ3) is 5.55. The highest BCUT2D eigenvalue weighted by Crippen LogP contribution is 2.11. The number of nitrogens with one attached hydrogen (secondary N) is 1. The number of aliphatic hydroxyl groups is 1. The van der Waals surface area contributed by atoms with Crippen LogP contribution in [0.15, 0.2) is 23.6 Å². The molecule has 0 spiro atoms. The third-order valence-electron chi connectivity index (χ3n) is 2.03. The lowest BCUT2D eigenvalue weighted by Gasteiger charge is -2.01. The Morgan fingerprint density at radius 2 is 2.12 bits per heavy atom. The molecule has 0 aliphatic rings. The van der Waals surface area contributed by atoms with Crippen LogP contribution in [-0.2, 0) is 4.79 Å². The Labute approximate surface area is 101 Å². The molecule has 1 heterocycles. The maximum Gasteiger partial charge on any atom is 0.184 e. The number of pyridine rings is 1. The number of aliphatic hydroxyl groups excluding tert-OH is 1. The van der Waals surface area contributed by atoms with Crippen molar-refractivity contribution < 1.29 is 9.90 Å². The second-order valence-electron chi connectivity index (χ2n) is 3.68. The minimum Gasteiger partial charge on any atom is -0.505 e. The summed E-state index contributed by atoms with van der Waals surface area (Å²) in [5.74, 6) is 0.430. The summed E-state index contributed by atoms with van der Waals surface area (Å²) in [6.07, 6.45) is 2.14. The first-order valence-electron chi connectivity index (χ1n) is 5.13. The van der Waals surface area contributed by atoms with Gasteiger partial charge in [0.25, 0.3) is 0 Å². The molecule has 0 radical (unpaired) electrons. The molecule has 0 saturated heterocycles. The van der Waals surface area contributed by atoms with Gasteiger partial charge in [-0.2, -0.15) is 0 Å². The average molecular weight is 237 g/mol. The van der Waals surface area contributed by atoms with E-state index in [1.807, 2.05) is 20.0 Å². The number of carbonyl (C=O) groups is 1. The Hall–Kier alpha value is -2.04. The van der Waals surface area contributed by atoms with E-state index in [0.29, 0.717) is 17.7 Å². The Morgan fingerprint density at radius 1 is 1.53 bits per heavy atom. The van der Waals surface area contributed by atoms with Gasteiger partial charge in [0, 0.05) is 7.05 Å². The highest BCUT2D eigenvalue weighted by molar-refractivity contribution is 5.70. The van der Waals surface area contributed by atoms with Gasteiger partial charge in [-0.1, -0.05) is 0 Å². The van der Waals surface area contributed by atoms with Crippen LogP contribution in [0.25, 0.3) is 0 Å². The highest BCUT2D eigenvalue weighted by Gasteiger charge is 1.93. The zero-order chi connectivity index (χ0) is 13.4. The summed E-state index contributed by atoms with van der Waals surface area (Å²) in [5.41, 5.74) is 8.15. The molecular formula is C12H19N3O2. The number of aromatic nitrogens is 1. The van der Waals surface area contributed by atoms with Crippen LogP contribution in [0.1, 0.15) is 19.4 Å². The molecule has 0 atom stereocenters. The molecule has 0 bridgehead atoms. The van der Waals surface area contributed by atoms with Gasteiger partial charge in [0.15, 0.2) is 12.0 Å². The fourth-order valence-corrected chi connectivity index (χ4v) is 0.840. The number of hydrogen-bond donors (Lipinski definition) is 3. The number of aldehydes is 1. The monoisotopic (exact) mass is 237 g/mol. The molecule has 4 N–H and O–H groups in total. The summed E-state index contributed by atoms with van der Waals surface area (Å²) < 4.78 is 0. The minimum atomic E-state index is -0.167. The van der Waals surface area contributed by atoms with E-state index in [2.05, 4.69) is 10.3 Å². The van der Waals surface area contributed by atoms with Crippen LogP contribution in [-0.4, -0.2) is 23.4 Å². The van der Waals surface area contributed by atoms with Crippen LogP contribution in [0.5, 0.6) is 0 Å². The van der Waals surface area contributed by atoms with Crippen molar-refractivity contribution in [2.45, 2.75) is 20.8 Å². The number of nitrogen functional groups attached to an aromatic ring is 1. The fourth-order valence-electron chi connectivity index (χ4n) is 0.840. The van der Waals surface area contributed by atoms with Crippen LogP contribution in [0, 0.1) is 6.92 Å². The van der Waals surface area contributed by atoms with Crippen molar-refractivity contribution in [3.63, 3.8) is 0 Å². The van der Waals surface area contributed by atoms with Gasteiger partial charge in [-0.15, -0.1) is 0 Å². The van der Waals surface area contributed by atoms with E-state index in [1.54, 1.807) is 20.0 Å². The van der Waals surface area contributed by atoms with Crippen molar-refractivity contribution in [2.24, 2.45) is 0 Å². The van der Waals surface area contributed by atoms with E-state index >= 15 is 0 Å². The SMILES string of the molecule is CC(C)=C(O)C=O.CNc1cnc(N)c(C)c1. The molecule has 1 aromatic heterocycles. The van der Waals surface area contributed by atoms with Gasteiger partial charge in [0.05, 0.1) is 11.9 Å². The maximum atomic E-state index is 9.64. The van der Waals surface area contributed by atoms with Crippen molar-refractivity contribution in [3.05, 3.63) is 29.2 Å². The first kappa shape index (κ1) is 15.0. The highest BCUT2D eigenvalue weighted by atomic mass is 16.3. The molecule has 0 fully saturated rings. The second-order valence-corrected chi connectivity index (χ2v) is 3.68. The number of nitrogens with two attached hydrogens (primary N) is 1. The summed E-state index contributed by atoms with van der Waals surface area (Å²) in [6, 6.07) is 1.96. The Morgan fingerprint density at radius 3 is 2.41 bits per heavy atom. The summed E-state index contributed by atoms with van der Waals surface area (Å²) in [4.78, 5) is 13.6. The normalized spacial score (nSPS) is 8.71. The molecule has 1 aromatic rings. The zero-order valence-corrected chi connectivity index (χ0v) is 10.6. The largest absolute Gasteiger partial charge is 0.505 e. The van der Waals surface area contributed by atoms with Crippen molar-refractivity contribution in [3.8, 4) is 0 Å². The summed E-state index contributed by atoms with van der Waals surface area (Å²) >= 11 is 0. The van der Waals surface area contributed by atoms with E-state index in [0.717, 1.165) is 11.3 Å². The summed E-state index contributed by atoms with van der Waals surface area (Å²) in [5, 5.41) is 11.4. The first-order valence-corrected chi connectivity index (χ1v) is 5.13. The average Bonchev–Trinajstić information content (AvgIpc) is 2.32.